The van der Waals surface area contributed by atoms with Crippen molar-refractivity contribution in [2.45, 2.75) is 51.4 Å². The number of hydrogen-bond donors (Lipinski definition) is 2. The van der Waals surface area contributed by atoms with Crippen molar-refractivity contribution in [3.63, 3.8) is 0 Å². The molecule has 6 nitrogen and oxygen atoms in total. The highest BCUT2D eigenvalue weighted by atomic mass is 16.5. The van der Waals surface area contributed by atoms with Gasteiger partial charge >= 0.3 is 0 Å². The molecule has 0 unspecified atom stereocenters. The molecule has 2 N–H and O–H groups in total. The van der Waals surface area contributed by atoms with Crippen LogP contribution in [0.2, 0.25) is 0 Å². The third-order valence-corrected chi connectivity index (χ3v) is 9.09. The molecule has 0 fully saturated rings. The predicted molar refractivity (Wildman–Crippen MR) is 172 cm³/mol. The topological polar surface area (TPSA) is 74.8 Å². The van der Waals surface area contributed by atoms with Gasteiger partial charge in [0.2, 0.25) is 0 Å². The van der Waals surface area contributed by atoms with E-state index in [0.717, 1.165) is 72.7 Å². The number of methoxy groups -OCH3 is 2. The van der Waals surface area contributed by atoms with Crippen LogP contribution in [0.25, 0.3) is 21.8 Å². The predicted octanol–water partition coefficient (Wildman–Crippen LogP) is 7.74. The summed E-state index contributed by atoms with van der Waals surface area (Å²) in [4.78, 5) is 17.6. The van der Waals surface area contributed by atoms with Gasteiger partial charge in [-0.25, -0.2) is 0 Å². The molecule has 0 saturated heterocycles. The van der Waals surface area contributed by atoms with Crippen LogP contribution >= 0.6 is 0 Å². The van der Waals surface area contributed by atoms with Crippen molar-refractivity contribution in [1.82, 2.24) is 9.97 Å². The zero-order valence-corrected chi connectivity index (χ0v) is 24.9. The Morgan fingerprint density at radius 3 is 1.60 bits per heavy atom. The van der Waals surface area contributed by atoms with Gasteiger partial charge in [0.15, 0.2) is 0 Å². The lowest BCUT2D eigenvalue weighted by Gasteiger charge is -2.23. The Labute approximate surface area is 246 Å². The molecule has 2 aliphatic heterocycles. The van der Waals surface area contributed by atoms with Gasteiger partial charge in [-0.3, -0.25) is 9.98 Å². The second-order valence-corrected chi connectivity index (χ2v) is 11.9. The first-order valence-corrected chi connectivity index (χ1v) is 15.1. The fraction of sp³-hybridized carbons (Fsp3) is 0.333. The summed E-state index contributed by atoms with van der Waals surface area (Å²) in [5.74, 6) is 2.47. The minimum absolute atomic E-state index is 0.238. The Morgan fingerprint density at radius 1 is 0.667 bits per heavy atom. The normalized spacial score (nSPS) is 14.7. The van der Waals surface area contributed by atoms with Gasteiger partial charge in [0.25, 0.3) is 0 Å². The monoisotopic (exact) mass is 558 g/mol. The maximum atomic E-state index is 5.50. The first kappa shape index (κ1) is 26.6. The van der Waals surface area contributed by atoms with Crippen molar-refractivity contribution >= 4 is 33.2 Å². The summed E-state index contributed by atoms with van der Waals surface area (Å²) < 4.78 is 11.0. The summed E-state index contributed by atoms with van der Waals surface area (Å²) in [6.45, 7) is 6.13. The molecule has 0 aliphatic carbocycles. The maximum Gasteiger partial charge on any atom is 0.120 e. The van der Waals surface area contributed by atoms with E-state index in [1.54, 1.807) is 14.2 Å². The summed E-state index contributed by atoms with van der Waals surface area (Å²) >= 11 is 0. The number of benzene rings is 3. The van der Waals surface area contributed by atoms with Gasteiger partial charge in [-0.2, -0.15) is 0 Å². The highest BCUT2D eigenvalue weighted by Gasteiger charge is 2.27. The number of aromatic nitrogens is 2. The molecule has 0 radical (unpaired) electrons. The third-order valence-electron chi connectivity index (χ3n) is 9.09. The van der Waals surface area contributed by atoms with Crippen LogP contribution in [-0.2, 0) is 12.8 Å². The number of aliphatic imine (C=N–C) groups is 2. The maximum absolute atomic E-state index is 5.50. The molecule has 3 aromatic carbocycles. The Bertz CT molecular complexity index is 1730. The minimum Gasteiger partial charge on any atom is -0.497 e. The van der Waals surface area contributed by atoms with Crippen molar-refractivity contribution in [3.8, 4) is 11.5 Å². The van der Waals surface area contributed by atoms with Gasteiger partial charge in [-0.1, -0.05) is 38.1 Å². The molecule has 2 aromatic heterocycles. The lowest BCUT2D eigenvalue weighted by Crippen LogP contribution is -2.20. The molecule has 0 bridgehead atoms. The highest BCUT2D eigenvalue weighted by molar-refractivity contribution is 6.09. The van der Waals surface area contributed by atoms with E-state index in [2.05, 4.69) is 84.5 Å². The van der Waals surface area contributed by atoms with Crippen molar-refractivity contribution in [2.24, 2.45) is 9.98 Å². The van der Waals surface area contributed by atoms with Crippen LogP contribution in [0, 0.1) is 0 Å². The SMILES string of the molecule is COc1ccc2c3c([nH]c2c1)C(CC(CC1=NCCc2c1[nH]c1cc(OC)ccc21)c1ccc(C(C)C)cc1)=NCC3. The van der Waals surface area contributed by atoms with E-state index >= 15 is 0 Å². The number of nitrogens with zero attached hydrogens (tertiary/aromatic N) is 2. The number of ether oxygens (including phenoxy) is 2. The summed E-state index contributed by atoms with van der Waals surface area (Å²) in [6.07, 6.45) is 3.60. The molecule has 0 amide bonds. The van der Waals surface area contributed by atoms with Gasteiger partial charge in [0.05, 0.1) is 37.0 Å². The Hall–Kier alpha value is -4.32. The minimum atomic E-state index is 0.238. The van der Waals surface area contributed by atoms with Crippen LogP contribution in [0.1, 0.15) is 72.2 Å². The van der Waals surface area contributed by atoms with E-state index < -0.39 is 0 Å². The van der Waals surface area contributed by atoms with Crippen molar-refractivity contribution < 1.29 is 9.47 Å². The first-order chi connectivity index (χ1) is 20.5. The molecule has 0 atom stereocenters. The quantitative estimate of drug-likeness (QED) is 0.204. The van der Waals surface area contributed by atoms with E-state index in [-0.39, 0.29) is 5.92 Å². The largest absolute Gasteiger partial charge is 0.497 e. The van der Waals surface area contributed by atoms with E-state index in [4.69, 9.17) is 19.5 Å². The second-order valence-electron chi connectivity index (χ2n) is 11.9. The molecule has 5 aromatic rings. The third kappa shape index (κ3) is 4.69. The van der Waals surface area contributed by atoms with E-state index in [1.165, 1.54) is 44.4 Å². The molecule has 0 spiro atoms. The van der Waals surface area contributed by atoms with Gasteiger partial charge in [0.1, 0.15) is 11.5 Å². The average Bonchev–Trinajstić information content (AvgIpc) is 3.59. The molecule has 6 heteroatoms. The number of aromatic amines is 2. The van der Waals surface area contributed by atoms with Crippen LogP contribution in [0.15, 0.2) is 70.6 Å². The number of H-pyrrole nitrogens is 2. The summed E-state index contributed by atoms with van der Waals surface area (Å²) in [6, 6.07) is 21.9. The molecule has 214 valence electrons. The first-order valence-electron chi connectivity index (χ1n) is 15.1. The van der Waals surface area contributed by atoms with Crippen LogP contribution in [0.4, 0.5) is 0 Å². The number of rotatable bonds is 8. The molecular weight excluding hydrogens is 520 g/mol. The fourth-order valence-electron chi connectivity index (χ4n) is 6.76. The summed E-state index contributed by atoms with van der Waals surface area (Å²) in [5, 5.41) is 2.54. The van der Waals surface area contributed by atoms with Gasteiger partial charge in [0, 0.05) is 47.0 Å². The van der Waals surface area contributed by atoms with Crippen LogP contribution in [0.5, 0.6) is 11.5 Å². The Morgan fingerprint density at radius 2 is 1.14 bits per heavy atom. The Kier molecular flexibility index (Phi) is 6.85. The fourth-order valence-corrected chi connectivity index (χ4v) is 6.76. The lowest BCUT2D eigenvalue weighted by molar-refractivity contribution is 0.415. The van der Waals surface area contributed by atoms with E-state index in [0.29, 0.717) is 5.92 Å². The van der Waals surface area contributed by atoms with Crippen LogP contribution in [-0.4, -0.2) is 48.7 Å². The van der Waals surface area contributed by atoms with Gasteiger partial charge < -0.3 is 19.4 Å². The lowest BCUT2D eigenvalue weighted by atomic mass is 9.84. The average molecular weight is 559 g/mol. The van der Waals surface area contributed by atoms with Crippen LogP contribution < -0.4 is 9.47 Å². The van der Waals surface area contributed by atoms with E-state index in [1.807, 2.05) is 0 Å². The highest BCUT2D eigenvalue weighted by Crippen LogP contribution is 2.36. The van der Waals surface area contributed by atoms with Gasteiger partial charge in [-0.05, 0) is 84.0 Å². The van der Waals surface area contributed by atoms with Crippen molar-refractivity contribution in [3.05, 3.63) is 94.3 Å². The van der Waals surface area contributed by atoms with Crippen molar-refractivity contribution in [1.29, 1.82) is 0 Å². The second kappa shape index (κ2) is 10.8. The smallest absolute Gasteiger partial charge is 0.120 e. The molecule has 4 heterocycles. The van der Waals surface area contributed by atoms with Crippen LogP contribution in [0.3, 0.4) is 0 Å². The number of fused-ring (bicyclic) bond motifs is 6. The van der Waals surface area contributed by atoms with E-state index in [9.17, 15) is 0 Å². The molecule has 7 rings (SSSR count). The molecular formula is C36H38N4O2. The zero-order valence-electron chi connectivity index (χ0n) is 24.9. The Balaban J connectivity index is 1.26. The number of nitrogens with one attached hydrogen (secondary N) is 2. The van der Waals surface area contributed by atoms with Gasteiger partial charge in [-0.15, -0.1) is 0 Å². The molecule has 42 heavy (non-hydrogen) atoms. The standard InChI is InChI=1S/C36H38N4O2/c1-21(2)22-5-7-23(8-6-22)24(17-33-35-29(13-15-37-33)27-11-9-25(41-3)19-31(27)39-35)18-34-36-30(14-16-38-34)28-12-10-26(42-4)20-32(28)40-36/h5-12,19-21,24,39-40H,13-18H2,1-4H3. The summed E-state index contributed by atoms with van der Waals surface area (Å²) in [5.41, 5.74) is 12.3. The number of hydrogen-bond acceptors (Lipinski definition) is 4. The summed E-state index contributed by atoms with van der Waals surface area (Å²) in [7, 11) is 3.43. The molecule has 2 aliphatic rings. The zero-order chi connectivity index (χ0) is 28.8. The molecule has 0 saturated carbocycles. The van der Waals surface area contributed by atoms with Crippen molar-refractivity contribution in [2.75, 3.05) is 27.3 Å².